The van der Waals surface area contributed by atoms with Crippen LogP contribution < -0.4 is 15.5 Å². The van der Waals surface area contributed by atoms with E-state index in [1.807, 2.05) is 17.7 Å². The Morgan fingerprint density at radius 1 is 1.40 bits per heavy atom. The van der Waals surface area contributed by atoms with Crippen molar-refractivity contribution in [1.29, 1.82) is 0 Å². The van der Waals surface area contributed by atoms with Crippen LogP contribution in [0, 0.1) is 0 Å². The fourth-order valence-electron chi connectivity index (χ4n) is 2.82. The molecule has 1 saturated heterocycles. The van der Waals surface area contributed by atoms with Crippen molar-refractivity contribution in [3.05, 3.63) is 40.9 Å². The summed E-state index contributed by atoms with van der Waals surface area (Å²) in [7, 11) is 3.71. The van der Waals surface area contributed by atoms with Crippen molar-refractivity contribution in [2.75, 3.05) is 25.0 Å². The maximum Gasteiger partial charge on any atom is 0.191 e. The van der Waals surface area contributed by atoms with Crippen molar-refractivity contribution in [2.24, 2.45) is 12.0 Å². The van der Waals surface area contributed by atoms with E-state index >= 15 is 0 Å². The van der Waals surface area contributed by atoms with Crippen molar-refractivity contribution in [2.45, 2.75) is 19.0 Å². The number of aromatic nitrogens is 3. The Balaban J connectivity index is 0.00000225. The largest absolute Gasteiger partial charge is 0.368 e. The molecule has 2 heterocycles. The molecule has 2 N–H and O–H groups in total. The number of aliphatic imine (C=N–C) groups is 1. The van der Waals surface area contributed by atoms with E-state index in [1.54, 1.807) is 13.4 Å². The lowest BCUT2D eigenvalue weighted by Gasteiger charge is -2.21. The Labute approximate surface area is 173 Å². The summed E-state index contributed by atoms with van der Waals surface area (Å²) in [6.45, 7) is 2.57. The zero-order valence-corrected chi connectivity index (χ0v) is 18.2. The van der Waals surface area contributed by atoms with Gasteiger partial charge in [0.1, 0.15) is 6.33 Å². The average Bonchev–Trinajstić information content (AvgIpc) is 3.21. The first-order valence-electron chi connectivity index (χ1n) is 7.97. The van der Waals surface area contributed by atoms with Gasteiger partial charge < -0.3 is 20.1 Å². The first-order chi connectivity index (χ1) is 11.7. The number of guanidine groups is 1. The fraction of sp³-hybridized carbons (Fsp3) is 0.438. The summed E-state index contributed by atoms with van der Waals surface area (Å²) in [4.78, 5) is 6.69. The highest BCUT2D eigenvalue weighted by Gasteiger charge is 2.24. The molecular weight excluding hydrogens is 497 g/mol. The van der Waals surface area contributed by atoms with Crippen LogP contribution in [0.3, 0.4) is 0 Å². The maximum atomic E-state index is 4.31. The van der Waals surface area contributed by atoms with Crippen LogP contribution in [0.1, 0.15) is 12.2 Å². The van der Waals surface area contributed by atoms with Crippen molar-refractivity contribution in [1.82, 2.24) is 25.4 Å². The summed E-state index contributed by atoms with van der Waals surface area (Å²) < 4.78 is 3.03. The van der Waals surface area contributed by atoms with Crippen LogP contribution >= 0.6 is 39.9 Å². The number of anilines is 1. The Morgan fingerprint density at radius 2 is 2.20 bits per heavy atom. The number of benzene rings is 1. The first kappa shape index (κ1) is 20.0. The number of halogens is 2. The Kier molecular flexibility index (Phi) is 7.48. The predicted molar refractivity (Wildman–Crippen MR) is 115 cm³/mol. The van der Waals surface area contributed by atoms with Gasteiger partial charge in [-0.05, 0) is 34.5 Å². The van der Waals surface area contributed by atoms with Crippen molar-refractivity contribution < 1.29 is 0 Å². The van der Waals surface area contributed by atoms with Crippen LogP contribution in [0.15, 0.2) is 40.1 Å². The van der Waals surface area contributed by atoms with Gasteiger partial charge in [-0.2, -0.15) is 0 Å². The summed E-state index contributed by atoms with van der Waals surface area (Å²) in [6.07, 6.45) is 2.77. The lowest BCUT2D eigenvalue weighted by molar-refractivity contribution is 0.640. The molecule has 0 saturated carbocycles. The van der Waals surface area contributed by atoms with Gasteiger partial charge in [0.15, 0.2) is 11.8 Å². The summed E-state index contributed by atoms with van der Waals surface area (Å²) in [5.74, 6) is 1.66. The zero-order valence-electron chi connectivity index (χ0n) is 14.3. The van der Waals surface area contributed by atoms with Gasteiger partial charge in [0.2, 0.25) is 0 Å². The van der Waals surface area contributed by atoms with E-state index in [0.29, 0.717) is 12.6 Å². The minimum absolute atomic E-state index is 0. The van der Waals surface area contributed by atoms with Gasteiger partial charge in [-0.1, -0.05) is 12.1 Å². The standard InChI is InChI=1S/C16H22BrN7.HI/c1-18-16(19-9-15-22-20-11-23(15)2)21-12-7-8-24(10-12)14-6-4-3-5-13(14)17;/h3-6,11-12H,7-10H2,1-2H3,(H2,18,19,21);1H. The third-order valence-electron chi connectivity index (χ3n) is 4.16. The van der Waals surface area contributed by atoms with Crippen LogP contribution in [0.4, 0.5) is 5.69 Å². The number of nitrogens with one attached hydrogen (secondary N) is 2. The van der Waals surface area contributed by atoms with Crippen molar-refractivity contribution >= 4 is 51.6 Å². The van der Waals surface area contributed by atoms with E-state index in [1.165, 1.54) is 5.69 Å². The lowest BCUT2D eigenvalue weighted by atomic mass is 10.3. The normalized spacial score (nSPS) is 17.3. The van der Waals surface area contributed by atoms with E-state index in [2.05, 4.69) is 64.9 Å². The van der Waals surface area contributed by atoms with Gasteiger partial charge in [0.25, 0.3) is 0 Å². The van der Waals surface area contributed by atoms with E-state index in [-0.39, 0.29) is 24.0 Å². The van der Waals surface area contributed by atoms with Gasteiger partial charge in [0.05, 0.1) is 12.2 Å². The molecule has 1 aromatic heterocycles. The molecular formula is C16H23BrIN7. The second-order valence-corrected chi connectivity index (χ2v) is 6.67. The minimum Gasteiger partial charge on any atom is -0.368 e. The van der Waals surface area contributed by atoms with E-state index in [4.69, 9.17) is 0 Å². The molecule has 3 rings (SSSR count). The molecule has 0 radical (unpaired) electrons. The van der Waals surface area contributed by atoms with E-state index in [0.717, 1.165) is 35.8 Å². The van der Waals surface area contributed by atoms with Gasteiger partial charge in [0, 0.05) is 37.7 Å². The maximum absolute atomic E-state index is 4.31. The molecule has 1 fully saturated rings. The monoisotopic (exact) mass is 519 g/mol. The van der Waals surface area contributed by atoms with E-state index in [9.17, 15) is 0 Å². The second-order valence-electron chi connectivity index (χ2n) is 5.81. The molecule has 1 aromatic carbocycles. The molecule has 0 bridgehead atoms. The lowest BCUT2D eigenvalue weighted by Crippen LogP contribution is -2.44. The van der Waals surface area contributed by atoms with Crippen LogP contribution in [0.25, 0.3) is 0 Å². The molecule has 136 valence electrons. The average molecular weight is 520 g/mol. The second kappa shape index (κ2) is 9.37. The van der Waals surface area contributed by atoms with Crippen LogP contribution in [0.5, 0.6) is 0 Å². The van der Waals surface area contributed by atoms with Gasteiger partial charge in [-0.3, -0.25) is 4.99 Å². The minimum atomic E-state index is 0. The number of aryl methyl sites for hydroxylation is 1. The third kappa shape index (κ3) is 5.06. The van der Waals surface area contributed by atoms with Gasteiger partial charge >= 0.3 is 0 Å². The molecule has 9 heteroatoms. The molecule has 1 unspecified atom stereocenters. The number of rotatable bonds is 4. The quantitative estimate of drug-likeness (QED) is 0.368. The number of hydrogen-bond donors (Lipinski definition) is 2. The number of para-hydroxylation sites is 1. The first-order valence-corrected chi connectivity index (χ1v) is 8.76. The zero-order chi connectivity index (χ0) is 16.9. The topological polar surface area (TPSA) is 70.4 Å². The molecule has 0 amide bonds. The van der Waals surface area contributed by atoms with E-state index < -0.39 is 0 Å². The Hall–Kier alpha value is -1.36. The molecule has 25 heavy (non-hydrogen) atoms. The molecule has 7 nitrogen and oxygen atoms in total. The third-order valence-corrected chi connectivity index (χ3v) is 4.84. The number of nitrogens with zero attached hydrogens (tertiary/aromatic N) is 5. The molecule has 1 aliphatic rings. The highest BCUT2D eigenvalue weighted by Crippen LogP contribution is 2.28. The van der Waals surface area contributed by atoms with Gasteiger partial charge in [-0.25, -0.2) is 0 Å². The predicted octanol–water partition coefficient (Wildman–Crippen LogP) is 2.14. The highest BCUT2D eigenvalue weighted by atomic mass is 127. The molecule has 2 aromatic rings. The van der Waals surface area contributed by atoms with Gasteiger partial charge in [-0.15, -0.1) is 34.2 Å². The fourth-order valence-corrected chi connectivity index (χ4v) is 3.36. The molecule has 0 aliphatic carbocycles. The SMILES string of the molecule is CN=C(NCc1nncn1C)NC1CCN(c2ccccc2Br)C1.I. The number of hydrogen-bond acceptors (Lipinski definition) is 4. The summed E-state index contributed by atoms with van der Waals surface area (Å²) in [5, 5.41) is 14.7. The molecule has 1 atom stereocenters. The smallest absolute Gasteiger partial charge is 0.191 e. The van der Waals surface area contributed by atoms with Crippen LogP contribution in [-0.2, 0) is 13.6 Å². The van der Waals surface area contributed by atoms with Crippen molar-refractivity contribution in [3.63, 3.8) is 0 Å². The summed E-state index contributed by atoms with van der Waals surface area (Å²) >= 11 is 3.63. The Morgan fingerprint density at radius 3 is 2.88 bits per heavy atom. The van der Waals surface area contributed by atoms with Crippen molar-refractivity contribution in [3.8, 4) is 0 Å². The Bertz CT molecular complexity index is 718. The molecule has 0 spiro atoms. The summed E-state index contributed by atoms with van der Waals surface area (Å²) in [5.41, 5.74) is 1.24. The van der Waals surface area contributed by atoms with Crippen LogP contribution in [0.2, 0.25) is 0 Å². The van der Waals surface area contributed by atoms with Crippen LogP contribution in [-0.4, -0.2) is 46.9 Å². The highest BCUT2D eigenvalue weighted by molar-refractivity contribution is 14.0. The molecule has 1 aliphatic heterocycles. The summed E-state index contributed by atoms with van der Waals surface area (Å²) in [6, 6.07) is 8.70.